The van der Waals surface area contributed by atoms with Crippen LogP contribution in [0.25, 0.3) is 0 Å². The van der Waals surface area contributed by atoms with Crippen LogP contribution in [0.4, 0.5) is 0 Å². The average Bonchev–Trinajstić information content (AvgIpc) is 2.15. The van der Waals surface area contributed by atoms with Gasteiger partial charge in [0.1, 0.15) is 0 Å². The monoisotopic (exact) mass is 186 g/mol. The number of piperazine rings is 1. The summed E-state index contributed by atoms with van der Waals surface area (Å²) in [7, 11) is 0. The highest BCUT2D eigenvalue weighted by molar-refractivity contribution is 4.75. The van der Waals surface area contributed by atoms with E-state index >= 15 is 0 Å². The summed E-state index contributed by atoms with van der Waals surface area (Å²) in [5.41, 5.74) is 0. The second kappa shape index (κ2) is 6.35. The SMILES string of the molecule is CCCOCCN1CCNC[C@@H]1C. The van der Waals surface area contributed by atoms with Crippen LogP contribution in [0.3, 0.4) is 0 Å². The van der Waals surface area contributed by atoms with Crippen LogP contribution in [0, 0.1) is 0 Å². The molecule has 3 nitrogen and oxygen atoms in total. The third-order valence-corrected chi connectivity index (χ3v) is 2.51. The topological polar surface area (TPSA) is 24.5 Å². The predicted octanol–water partition coefficient (Wildman–Crippen LogP) is 0.707. The van der Waals surface area contributed by atoms with Crippen LogP contribution in [-0.4, -0.2) is 50.3 Å². The zero-order chi connectivity index (χ0) is 9.52. The van der Waals surface area contributed by atoms with E-state index in [9.17, 15) is 0 Å². The van der Waals surface area contributed by atoms with Gasteiger partial charge in [-0.1, -0.05) is 6.92 Å². The molecule has 78 valence electrons. The first-order valence-electron chi connectivity index (χ1n) is 5.37. The molecule has 1 aliphatic heterocycles. The second-order valence-electron chi connectivity index (χ2n) is 3.70. The van der Waals surface area contributed by atoms with Crippen molar-refractivity contribution in [2.75, 3.05) is 39.4 Å². The highest BCUT2D eigenvalue weighted by Gasteiger charge is 2.16. The fraction of sp³-hybridized carbons (Fsp3) is 1.00. The van der Waals surface area contributed by atoms with Crippen molar-refractivity contribution >= 4 is 0 Å². The summed E-state index contributed by atoms with van der Waals surface area (Å²) >= 11 is 0. The largest absolute Gasteiger partial charge is 0.380 e. The molecule has 0 aliphatic carbocycles. The van der Waals surface area contributed by atoms with Gasteiger partial charge in [0.2, 0.25) is 0 Å². The van der Waals surface area contributed by atoms with E-state index in [1.54, 1.807) is 0 Å². The lowest BCUT2D eigenvalue weighted by Gasteiger charge is -2.33. The Labute approximate surface area is 81.4 Å². The van der Waals surface area contributed by atoms with E-state index in [2.05, 4.69) is 24.1 Å². The van der Waals surface area contributed by atoms with Gasteiger partial charge in [0, 0.05) is 38.8 Å². The molecule has 1 fully saturated rings. The number of hydrogen-bond donors (Lipinski definition) is 1. The molecular formula is C10H22N2O. The first kappa shape index (κ1) is 11.0. The van der Waals surface area contributed by atoms with E-state index in [0.29, 0.717) is 6.04 Å². The van der Waals surface area contributed by atoms with Crippen LogP contribution < -0.4 is 5.32 Å². The molecular weight excluding hydrogens is 164 g/mol. The van der Waals surface area contributed by atoms with Gasteiger partial charge in [-0.05, 0) is 13.3 Å². The van der Waals surface area contributed by atoms with Gasteiger partial charge in [0.05, 0.1) is 6.61 Å². The van der Waals surface area contributed by atoms with Gasteiger partial charge < -0.3 is 10.1 Å². The van der Waals surface area contributed by atoms with Gasteiger partial charge in [0.15, 0.2) is 0 Å². The van der Waals surface area contributed by atoms with Crippen molar-refractivity contribution in [1.82, 2.24) is 10.2 Å². The van der Waals surface area contributed by atoms with Gasteiger partial charge in [-0.2, -0.15) is 0 Å². The van der Waals surface area contributed by atoms with Crippen molar-refractivity contribution in [2.24, 2.45) is 0 Å². The quantitative estimate of drug-likeness (QED) is 0.640. The van der Waals surface area contributed by atoms with Crippen LogP contribution >= 0.6 is 0 Å². The molecule has 0 aromatic heterocycles. The normalized spacial score (nSPS) is 24.9. The van der Waals surface area contributed by atoms with Crippen LogP contribution in [0.15, 0.2) is 0 Å². The van der Waals surface area contributed by atoms with Crippen molar-refractivity contribution in [2.45, 2.75) is 26.3 Å². The maximum atomic E-state index is 5.47. The van der Waals surface area contributed by atoms with E-state index in [0.717, 1.165) is 45.8 Å². The third-order valence-electron chi connectivity index (χ3n) is 2.51. The molecule has 1 rings (SSSR count). The Morgan fingerprint density at radius 1 is 1.46 bits per heavy atom. The summed E-state index contributed by atoms with van der Waals surface area (Å²) < 4.78 is 5.47. The summed E-state index contributed by atoms with van der Waals surface area (Å²) in [5, 5.41) is 3.38. The lowest BCUT2D eigenvalue weighted by molar-refractivity contribution is 0.0815. The Morgan fingerprint density at radius 3 is 3.00 bits per heavy atom. The summed E-state index contributed by atoms with van der Waals surface area (Å²) in [6.07, 6.45) is 1.12. The Kier molecular flexibility index (Phi) is 5.35. The molecule has 0 bridgehead atoms. The molecule has 1 atom stereocenters. The zero-order valence-electron chi connectivity index (χ0n) is 8.88. The standard InChI is InChI=1S/C10H22N2O/c1-3-7-13-8-6-12-5-4-11-9-10(12)2/h10-11H,3-9H2,1-2H3/t10-/m0/s1. The van der Waals surface area contributed by atoms with Crippen LogP contribution in [0.1, 0.15) is 20.3 Å². The molecule has 0 aromatic rings. The number of hydrogen-bond acceptors (Lipinski definition) is 3. The Hall–Kier alpha value is -0.120. The van der Waals surface area contributed by atoms with Crippen molar-refractivity contribution in [3.63, 3.8) is 0 Å². The molecule has 0 radical (unpaired) electrons. The minimum Gasteiger partial charge on any atom is -0.380 e. The van der Waals surface area contributed by atoms with E-state index in [1.807, 2.05) is 0 Å². The van der Waals surface area contributed by atoms with Crippen LogP contribution in [0.5, 0.6) is 0 Å². The minimum atomic E-state index is 0.666. The van der Waals surface area contributed by atoms with Gasteiger partial charge in [-0.25, -0.2) is 0 Å². The van der Waals surface area contributed by atoms with Crippen LogP contribution in [-0.2, 0) is 4.74 Å². The average molecular weight is 186 g/mol. The third kappa shape index (κ3) is 4.07. The second-order valence-corrected chi connectivity index (χ2v) is 3.70. The molecule has 0 spiro atoms. The van der Waals surface area contributed by atoms with Gasteiger partial charge in [-0.3, -0.25) is 4.90 Å². The first-order chi connectivity index (χ1) is 6.34. The molecule has 0 aromatic carbocycles. The van der Waals surface area contributed by atoms with Gasteiger partial charge in [-0.15, -0.1) is 0 Å². The maximum Gasteiger partial charge on any atom is 0.0593 e. The summed E-state index contributed by atoms with van der Waals surface area (Å²) in [4.78, 5) is 2.49. The Bertz CT molecular complexity index is 130. The molecule has 1 N–H and O–H groups in total. The molecule has 13 heavy (non-hydrogen) atoms. The number of rotatable bonds is 5. The predicted molar refractivity (Wildman–Crippen MR) is 55.0 cm³/mol. The lowest BCUT2D eigenvalue weighted by atomic mass is 10.2. The van der Waals surface area contributed by atoms with Crippen molar-refractivity contribution < 1.29 is 4.74 Å². The van der Waals surface area contributed by atoms with E-state index in [-0.39, 0.29) is 0 Å². The Morgan fingerprint density at radius 2 is 2.31 bits per heavy atom. The Balaban J connectivity index is 2.05. The van der Waals surface area contributed by atoms with Crippen molar-refractivity contribution in [3.8, 4) is 0 Å². The zero-order valence-corrected chi connectivity index (χ0v) is 8.88. The van der Waals surface area contributed by atoms with Crippen LogP contribution in [0.2, 0.25) is 0 Å². The first-order valence-corrected chi connectivity index (χ1v) is 5.37. The smallest absolute Gasteiger partial charge is 0.0593 e. The maximum absolute atomic E-state index is 5.47. The highest BCUT2D eigenvalue weighted by atomic mass is 16.5. The number of nitrogens with zero attached hydrogens (tertiary/aromatic N) is 1. The van der Waals surface area contributed by atoms with E-state index in [4.69, 9.17) is 4.74 Å². The van der Waals surface area contributed by atoms with Crippen molar-refractivity contribution in [1.29, 1.82) is 0 Å². The minimum absolute atomic E-state index is 0.666. The van der Waals surface area contributed by atoms with E-state index < -0.39 is 0 Å². The number of ether oxygens (including phenoxy) is 1. The lowest BCUT2D eigenvalue weighted by Crippen LogP contribution is -2.50. The molecule has 3 heteroatoms. The molecule has 1 saturated heterocycles. The van der Waals surface area contributed by atoms with Gasteiger partial charge >= 0.3 is 0 Å². The fourth-order valence-corrected chi connectivity index (χ4v) is 1.64. The van der Waals surface area contributed by atoms with E-state index in [1.165, 1.54) is 0 Å². The molecule has 0 saturated carbocycles. The molecule has 1 aliphatic rings. The summed E-state index contributed by atoms with van der Waals surface area (Å²) in [5.74, 6) is 0. The molecule has 0 amide bonds. The van der Waals surface area contributed by atoms with Gasteiger partial charge in [0.25, 0.3) is 0 Å². The van der Waals surface area contributed by atoms with Crippen molar-refractivity contribution in [3.05, 3.63) is 0 Å². The molecule has 0 unspecified atom stereocenters. The fourth-order valence-electron chi connectivity index (χ4n) is 1.64. The molecule has 1 heterocycles. The highest BCUT2D eigenvalue weighted by Crippen LogP contribution is 2.01. The summed E-state index contributed by atoms with van der Waals surface area (Å²) in [6, 6.07) is 0.666. The number of nitrogens with one attached hydrogen (secondary N) is 1. The summed E-state index contributed by atoms with van der Waals surface area (Å²) in [6.45, 7) is 10.7.